The maximum absolute atomic E-state index is 12.3. The Balaban J connectivity index is 2.14. The highest BCUT2D eigenvalue weighted by molar-refractivity contribution is 5.68. The van der Waals surface area contributed by atoms with Crippen molar-refractivity contribution < 1.29 is 19.0 Å². The van der Waals surface area contributed by atoms with Crippen molar-refractivity contribution in [1.29, 1.82) is 0 Å². The summed E-state index contributed by atoms with van der Waals surface area (Å²) in [6.45, 7) is 14.9. The molecule has 1 heterocycles. The van der Waals surface area contributed by atoms with Crippen LogP contribution in [0.25, 0.3) is 0 Å². The average molecular weight is 538 g/mol. The zero-order valence-corrected chi connectivity index (χ0v) is 26.3. The predicted octanol–water partition coefficient (Wildman–Crippen LogP) is 9.97. The number of amides is 1. The minimum absolute atomic E-state index is 0.151. The van der Waals surface area contributed by atoms with E-state index < -0.39 is 5.79 Å². The average Bonchev–Trinajstić information content (AvgIpc) is 3.14. The van der Waals surface area contributed by atoms with E-state index in [2.05, 4.69) is 19.1 Å². The lowest BCUT2D eigenvalue weighted by Crippen LogP contribution is -2.42. The van der Waals surface area contributed by atoms with Gasteiger partial charge in [0.05, 0.1) is 18.8 Å². The van der Waals surface area contributed by atoms with E-state index >= 15 is 0 Å². The fourth-order valence-electron chi connectivity index (χ4n) is 5.53. The smallest absolute Gasteiger partial charge is 0.410 e. The minimum atomic E-state index is -0.472. The van der Waals surface area contributed by atoms with Gasteiger partial charge < -0.3 is 19.1 Å². The summed E-state index contributed by atoms with van der Waals surface area (Å²) >= 11 is 0. The normalized spacial score (nSPS) is 19.2. The van der Waals surface area contributed by atoms with E-state index in [1.165, 1.54) is 77.0 Å². The molecule has 0 saturated carbocycles. The Morgan fingerprint density at radius 3 is 1.74 bits per heavy atom. The zero-order chi connectivity index (χ0) is 28.2. The number of hydrogen-bond donors (Lipinski definition) is 0. The molecule has 2 atom stereocenters. The summed E-state index contributed by atoms with van der Waals surface area (Å²) in [6, 6.07) is 0.301. The number of unbranched alkanes of at least 4 members (excludes halogenated alkanes) is 12. The van der Waals surface area contributed by atoms with Crippen molar-refractivity contribution in [2.75, 3.05) is 6.61 Å². The van der Waals surface area contributed by atoms with Crippen molar-refractivity contribution in [3.63, 3.8) is 0 Å². The third kappa shape index (κ3) is 16.1. The van der Waals surface area contributed by atoms with Gasteiger partial charge in [0.15, 0.2) is 5.79 Å². The fourth-order valence-corrected chi connectivity index (χ4v) is 5.53. The Morgan fingerprint density at radius 1 is 0.737 bits per heavy atom. The first-order valence-corrected chi connectivity index (χ1v) is 16.1. The van der Waals surface area contributed by atoms with E-state index in [-0.39, 0.29) is 30.4 Å². The molecule has 1 amide bonds. The van der Waals surface area contributed by atoms with Gasteiger partial charge in [-0.05, 0) is 73.6 Å². The molecule has 1 saturated heterocycles. The lowest BCUT2D eigenvalue weighted by Gasteiger charge is -2.29. The van der Waals surface area contributed by atoms with E-state index in [1.54, 1.807) is 4.90 Å². The summed E-state index contributed by atoms with van der Waals surface area (Å²) in [5.41, 5.74) is 0. The van der Waals surface area contributed by atoms with Crippen LogP contribution in [0.3, 0.4) is 0 Å². The van der Waals surface area contributed by atoms with Gasteiger partial charge in [0.2, 0.25) is 0 Å². The first kappa shape index (κ1) is 35.0. The second-order valence-corrected chi connectivity index (χ2v) is 12.3. The maximum atomic E-state index is 12.3. The van der Waals surface area contributed by atoms with Gasteiger partial charge in [-0.1, -0.05) is 96.1 Å². The molecule has 1 rings (SSSR count). The van der Waals surface area contributed by atoms with Crippen molar-refractivity contribution >= 4 is 6.09 Å². The van der Waals surface area contributed by atoms with E-state index in [4.69, 9.17) is 14.2 Å². The third-order valence-electron chi connectivity index (χ3n) is 7.48. The summed E-state index contributed by atoms with van der Waals surface area (Å²) in [7, 11) is 0. The highest BCUT2D eigenvalue weighted by Crippen LogP contribution is 2.33. The largest absolute Gasteiger partial charge is 0.449 e. The highest BCUT2D eigenvalue weighted by Gasteiger charge is 2.40. The van der Waals surface area contributed by atoms with E-state index in [1.807, 2.05) is 41.5 Å². The number of carbonyl (C=O) groups is 1. The van der Waals surface area contributed by atoms with Crippen molar-refractivity contribution in [3.8, 4) is 0 Å². The molecule has 1 aliphatic heterocycles. The maximum Gasteiger partial charge on any atom is 0.410 e. The van der Waals surface area contributed by atoms with Crippen LogP contribution in [0.5, 0.6) is 0 Å². The van der Waals surface area contributed by atoms with Gasteiger partial charge in [-0.15, -0.1) is 0 Å². The Labute approximate surface area is 236 Å². The number of allylic oxidation sites excluding steroid dienone is 2. The summed E-state index contributed by atoms with van der Waals surface area (Å²) < 4.78 is 17.9. The second kappa shape index (κ2) is 20.8. The van der Waals surface area contributed by atoms with E-state index in [0.29, 0.717) is 6.61 Å². The molecule has 0 aromatic heterocycles. The molecule has 0 radical (unpaired) electrons. The lowest BCUT2D eigenvalue weighted by atomic mass is 10.0. The topological polar surface area (TPSA) is 48.0 Å². The summed E-state index contributed by atoms with van der Waals surface area (Å²) in [6.07, 6.45) is 26.0. The van der Waals surface area contributed by atoms with Gasteiger partial charge in [0.25, 0.3) is 0 Å². The molecule has 5 heteroatoms. The molecular weight excluding hydrogens is 474 g/mol. The number of hydrogen-bond acceptors (Lipinski definition) is 4. The van der Waals surface area contributed by atoms with Crippen molar-refractivity contribution in [3.05, 3.63) is 12.2 Å². The molecule has 1 fully saturated rings. The molecule has 224 valence electrons. The predicted molar refractivity (Wildman–Crippen MR) is 161 cm³/mol. The standard InChI is InChI=1S/C33H63NO4/c1-8-9-10-11-12-13-14-15-16-17-19-22-25-30-31(38-33(6,7)37-30)26-23-20-18-21-24-27-36-32(35)34(28(2)3)29(4)5/h18,20,28-31H,8-17,19,21-27H2,1-7H3/b20-18-/t30-,31-/m1/s1. The van der Waals surface area contributed by atoms with Gasteiger partial charge in [0, 0.05) is 12.1 Å². The molecule has 38 heavy (non-hydrogen) atoms. The fraction of sp³-hybridized carbons (Fsp3) is 0.909. The van der Waals surface area contributed by atoms with Crippen molar-refractivity contribution in [2.45, 2.75) is 188 Å². The molecule has 0 spiro atoms. The Bertz CT molecular complexity index is 608. The second-order valence-electron chi connectivity index (χ2n) is 12.3. The number of nitrogens with zero attached hydrogens (tertiary/aromatic N) is 1. The van der Waals surface area contributed by atoms with E-state index in [0.717, 1.165) is 32.1 Å². The summed E-state index contributed by atoms with van der Waals surface area (Å²) in [4.78, 5) is 14.0. The molecule has 0 unspecified atom stereocenters. The molecule has 0 aromatic rings. The monoisotopic (exact) mass is 537 g/mol. The first-order chi connectivity index (χ1) is 18.2. The molecule has 0 N–H and O–H groups in total. The lowest BCUT2D eigenvalue weighted by molar-refractivity contribution is -0.147. The number of carbonyl (C=O) groups excluding carboxylic acids is 1. The van der Waals surface area contributed by atoms with Crippen LogP contribution in [0.1, 0.15) is 158 Å². The van der Waals surface area contributed by atoms with Crippen LogP contribution in [0.2, 0.25) is 0 Å². The van der Waals surface area contributed by atoms with Gasteiger partial charge in [-0.3, -0.25) is 0 Å². The molecular formula is C33H63NO4. The molecule has 1 aliphatic rings. The molecule has 0 bridgehead atoms. The Kier molecular flexibility index (Phi) is 19.1. The zero-order valence-electron chi connectivity index (χ0n) is 26.3. The SMILES string of the molecule is CCCCCCCCCCCCCC[C@H]1OC(C)(C)O[C@@H]1CC/C=C\CCCOC(=O)N(C(C)C)C(C)C. The Hall–Kier alpha value is -1.07. The van der Waals surface area contributed by atoms with Gasteiger partial charge >= 0.3 is 6.09 Å². The quantitative estimate of drug-likeness (QED) is 0.102. The van der Waals surface area contributed by atoms with Gasteiger partial charge in [0.1, 0.15) is 0 Å². The van der Waals surface area contributed by atoms with Crippen molar-refractivity contribution in [1.82, 2.24) is 4.90 Å². The summed E-state index contributed by atoms with van der Waals surface area (Å²) in [5, 5.41) is 0. The van der Waals surface area contributed by atoms with E-state index in [9.17, 15) is 4.79 Å². The van der Waals surface area contributed by atoms with Crippen LogP contribution in [0.4, 0.5) is 4.79 Å². The van der Waals surface area contributed by atoms with Crippen LogP contribution in [0.15, 0.2) is 12.2 Å². The van der Waals surface area contributed by atoms with Crippen LogP contribution < -0.4 is 0 Å². The summed E-state index contributed by atoms with van der Waals surface area (Å²) in [5.74, 6) is -0.472. The van der Waals surface area contributed by atoms with Crippen LogP contribution >= 0.6 is 0 Å². The first-order valence-electron chi connectivity index (χ1n) is 16.1. The van der Waals surface area contributed by atoms with Crippen LogP contribution in [0, 0.1) is 0 Å². The van der Waals surface area contributed by atoms with Crippen LogP contribution in [-0.4, -0.2) is 47.7 Å². The minimum Gasteiger partial charge on any atom is -0.449 e. The number of rotatable bonds is 22. The van der Waals surface area contributed by atoms with Crippen molar-refractivity contribution in [2.24, 2.45) is 0 Å². The molecule has 0 aromatic carbocycles. The number of ether oxygens (including phenoxy) is 3. The Morgan fingerprint density at radius 2 is 1.21 bits per heavy atom. The molecule has 0 aliphatic carbocycles. The van der Waals surface area contributed by atoms with Gasteiger partial charge in [-0.2, -0.15) is 0 Å². The van der Waals surface area contributed by atoms with Crippen LogP contribution in [-0.2, 0) is 14.2 Å². The molecule has 5 nitrogen and oxygen atoms in total. The highest BCUT2D eigenvalue weighted by atomic mass is 16.7. The van der Waals surface area contributed by atoms with Gasteiger partial charge in [-0.25, -0.2) is 4.79 Å². The third-order valence-corrected chi connectivity index (χ3v) is 7.48.